The Labute approximate surface area is 146 Å². The van der Waals surface area contributed by atoms with E-state index in [2.05, 4.69) is 25.6 Å². The third kappa shape index (κ3) is 2.89. The summed E-state index contributed by atoms with van der Waals surface area (Å²) in [5.74, 6) is 0.351. The fraction of sp³-hybridized carbons (Fsp3) is 0.125. The average molecular weight is 355 g/mol. The number of hydrogen-bond donors (Lipinski definition) is 2. The van der Waals surface area contributed by atoms with Crippen LogP contribution >= 0.6 is 11.3 Å². The lowest BCUT2D eigenvalue weighted by molar-refractivity contribution is 0.630. The fourth-order valence-corrected chi connectivity index (χ4v) is 3.14. The van der Waals surface area contributed by atoms with Crippen LogP contribution in [0.2, 0.25) is 0 Å². The SMILES string of the molecule is C[C@H](Nc1cc(-c2ccccc2F)nc2ccnn12)c1nnc(N)s1. The predicted octanol–water partition coefficient (Wildman–Crippen LogP) is 3.14. The molecule has 9 heteroatoms. The molecule has 1 aromatic carbocycles. The van der Waals surface area contributed by atoms with Gasteiger partial charge in [0.2, 0.25) is 5.13 Å². The number of fused-ring (bicyclic) bond motifs is 1. The number of nitrogens with one attached hydrogen (secondary N) is 1. The summed E-state index contributed by atoms with van der Waals surface area (Å²) in [7, 11) is 0. The summed E-state index contributed by atoms with van der Waals surface area (Å²) in [6, 6.07) is 9.93. The molecule has 3 N–H and O–H groups in total. The van der Waals surface area contributed by atoms with E-state index in [4.69, 9.17) is 5.73 Å². The van der Waals surface area contributed by atoms with Gasteiger partial charge < -0.3 is 11.1 Å². The second kappa shape index (κ2) is 6.10. The zero-order valence-corrected chi connectivity index (χ0v) is 14.0. The number of benzene rings is 1. The molecular formula is C16H14FN7S. The first-order valence-electron chi connectivity index (χ1n) is 7.57. The molecule has 0 fully saturated rings. The molecule has 3 aromatic heterocycles. The van der Waals surface area contributed by atoms with E-state index in [9.17, 15) is 4.39 Å². The fourth-order valence-electron chi connectivity index (χ4n) is 2.53. The number of aromatic nitrogens is 5. The third-order valence-electron chi connectivity index (χ3n) is 3.70. The molecule has 0 spiro atoms. The van der Waals surface area contributed by atoms with Gasteiger partial charge in [-0.05, 0) is 19.1 Å². The summed E-state index contributed by atoms with van der Waals surface area (Å²) in [5.41, 5.74) is 7.22. The van der Waals surface area contributed by atoms with Crippen molar-refractivity contribution >= 4 is 27.9 Å². The number of nitrogens with zero attached hydrogens (tertiary/aromatic N) is 5. The molecule has 25 heavy (non-hydrogen) atoms. The lowest BCUT2D eigenvalue weighted by Crippen LogP contribution is -2.11. The van der Waals surface area contributed by atoms with Crippen molar-refractivity contribution in [2.75, 3.05) is 11.1 Å². The van der Waals surface area contributed by atoms with Crippen molar-refractivity contribution in [3.63, 3.8) is 0 Å². The maximum Gasteiger partial charge on any atom is 0.203 e. The van der Waals surface area contributed by atoms with Crippen LogP contribution < -0.4 is 11.1 Å². The smallest absolute Gasteiger partial charge is 0.203 e. The van der Waals surface area contributed by atoms with Crippen LogP contribution in [0.1, 0.15) is 18.0 Å². The summed E-state index contributed by atoms with van der Waals surface area (Å²) >= 11 is 1.31. The van der Waals surface area contributed by atoms with Crippen LogP contribution in [0.5, 0.6) is 0 Å². The number of anilines is 2. The standard InChI is InChI=1S/C16H14FN7S/c1-9(15-22-23-16(18)25-15)20-14-8-12(10-4-2-3-5-11(10)17)21-13-6-7-19-24(13)14/h2-9,20H,1H3,(H2,18,23)/t9-/m0/s1. The number of hydrogen-bond acceptors (Lipinski definition) is 7. The number of nitrogens with two attached hydrogens (primary N) is 1. The van der Waals surface area contributed by atoms with Crippen LogP contribution in [0.25, 0.3) is 16.9 Å². The highest BCUT2D eigenvalue weighted by Gasteiger charge is 2.15. The van der Waals surface area contributed by atoms with Crippen LogP contribution in [-0.4, -0.2) is 24.8 Å². The van der Waals surface area contributed by atoms with E-state index in [0.29, 0.717) is 27.9 Å². The minimum absolute atomic E-state index is 0.141. The molecule has 4 aromatic rings. The monoisotopic (exact) mass is 355 g/mol. The topological polar surface area (TPSA) is 94.0 Å². The Hall–Kier alpha value is -3.07. The largest absolute Gasteiger partial charge is 0.374 e. The lowest BCUT2D eigenvalue weighted by Gasteiger charge is -2.14. The normalized spacial score (nSPS) is 12.4. The van der Waals surface area contributed by atoms with Crippen LogP contribution in [0.15, 0.2) is 42.6 Å². The van der Waals surface area contributed by atoms with Gasteiger partial charge in [-0.25, -0.2) is 9.37 Å². The highest BCUT2D eigenvalue weighted by atomic mass is 32.1. The Kier molecular flexibility index (Phi) is 3.77. The molecule has 0 saturated heterocycles. The highest BCUT2D eigenvalue weighted by molar-refractivity contribution is 7.15. The van der Waals surface area contributed by atoms with E-state index in [1.165, 1.54) is 17.4 Å². The van der Waals surface area contributed by atoms with Crippen molar-refractivity contribution in [3.8, 4) is 11.3 Å². The van der Waals surface area contributed by atoms with Crippen molar-refractivity contribution in [3.05, 3.63) is 53.4 Å². The minimum Gasteiger partial charge on any atom is -0.374 e. The summed E-state index contributed by atoms with van der Waals surface area (Å²) in [6.45, 7) is 1.94. The molecule has 0 aliphatic carbocycles. The molecule has 0 amide bonds. The second-order valence-electron chi connectivity index (χ2n) is 5.45. The van der Waals surface area contributed by atoms with Gasteiger partial charge in [0.25, 0.3) is 0 Å². The molecule has 7 nitrogen and oxygen atoms in total. The molecule has 0 radical (unpaired) electrons. The Morgan fingerprint density at radius 2 is 2.08 bits per heavy atom. The van der Waals surface area contributed by atoms with Gasteiger partial charge in [-0.2, -0.15) is 9.61 Å². The predicted molar refractivity (Wildman–Crippen MR) is 94.7 cm³/mol. The van der Waals surface area contributed by atoms with Crippen molar-refractivity contribution in [1.29, 1.82) is 0 Å². The van der Waals surface area contributed by atoms with E-state index >= 15 is 0 Å². The minimum atomic E-state index is -0.324. The van der Waals surface area contributed by atoms with Gasteiger partial charge in [0.05, 0.1) is 17.9 Å². The lowest BCUT2D eigenvalue weighted by atomic mass is 10.1. The first-order chi connectivity index (χ1) is 12.1. The summed E-state index contributed by atoms with van der Waals surface area (Å²) in [4.78, 5) is 4.49. The molecular weight excluding hydrogens is 341 g/mol. The first kappa shape index (κ1) is 15.5. The zero-order valence-electron chi connectivity index (χ0n) is 13.2. The summed E-state index contributed by atoms with van der Waals surface area (Å²) < 4.78 is 15.8. The van der Waals surface area contributed by atoms with E-state index in [1.54, 1.807) is 41.0 Å². The van der Waals surface area contributed by atoms with Gasteiger partial charge in [0.15, 0.2) is 5.65 Å². The Bertz CT molecular complexity index is 1040. The molecule has 0 saturated carbocycles. The van der Waals surface area contributed by atoms with Gasteiger partial charge >= 0.3 is 0 Å². The van der Waals surface area contributed by atoms with Crippen molar-refractivity contribution in [2.45, 2.75) is 13.0 Å². The number of halogens is 1. The van der Waals surface area contributed by atoms with Crippen LogP contribution in [0, 0.1) is 5.82 Å². The summed E-state index contributed by atoms with van der Waals surface area (Å²) in [6.07, 6.45) is 1.65. The molecule has 0 bridgehead atoms. The van der Waals surface area contributed by atoms with E-state index in [-0.39, 0.29) is 11.9 Å². The third-order valence-corrected chi connectivity index (χ3v) is 4.64. The van der Waals surface area contributed by atoms with Gasteiger partial charge in [-0.3, -0.25) is 0 Å². The molecule has 3 heterocycles. The van der Waals surface area contributed by atoms with Crippen molar-refractivity contribution in [1.82, 2.24) is 24.8 Å². The maximum absolute atomic E-state index is 14.1. The Morgan fingerprint density at radius 1 is 1.24 bits per heavy atom. The Morgan fingerprint density at radius 3 is 2.84 bits per heavy atom. The first-order valence-corrected chi connectivity index (χ1v) is 8.38. The molecule has 126 valence electrons. The molecule has 4 rings (SSSR count). The summed E-state index contributed by atoms with van der Waals surface area (Å²) in [5, 5.41) is 16.6. The van der Waals surface area contributed by atoms with E-state index < -0.39 is 0 Å². The highest BCUT2D eigenvalue weighted by Crippen LogP contribution is 2.27. The van der Waals surface area contributed by atoms with E-state index in [1.807, 2.05) is 6.92 Å². The van der Waals surface area contributed by atoms with Crippen LogP contribution in [0.4, 0.5) is 15.3 Å². The van der Waals surface area contributed by atoms with Crippen LogP contribution in [-0.2, 0) is 0 Å². The Balaban J connectivity index is 1.77. The van der Waals surface area contributed by atoms with Crippen molar-refractivity contribution in [2.24, 2.45) is 0 Å². The molecule has 1 atom stereocenters. The van der Waals surface area contributed by atoms with Gasteiger partial charge in [0.1, 0.15) is 16.6 Å². The molecule has 0 aliphatic heterocycles. The van der Waals surface area contributed by atoms with Gasteiger partial charge in [-0.1, -0.05) is 23.5 Å². The van der Waals surface area contributed by atoms with E-state index in [0.717, 1.165) is 5.01 Å². The van der Waals surface area contributed by atoms with Gasteiger partial charge in [-0.15, -0.1) is 10.2 Å². The number of rotatable bonds is 4. The molecule has 0 aliphatic rings. The van der Waals surface area contributed by atoms with Gasteiger partial charge in [0, 0.05) is 17.7 Å². The zero-order chi connectivity index (χ0) is 17.4. The maximum atomic E-state index is 14.1. The number of nitrogen functional groups attached to an aromatic ring is 1. The quantitative estimate of drug-likeness (QED) is 0.584. The van der Waals surface area contributed by atoms with Crippen molar-refractivity contribution < 1.29 is 4.39 Å². The molecule has 0 unspecified atom stereocenters. The second-order valence-corrected chi connectivity index (χ2v) is 6.49. The van der Waals surface area contributed by atoms with Crippen LogP contribution in [0.3, 0.4) is 0 Å². The average Bonchev–Trinajstić information content (AvgIpc) is 3.24.